The third kappa shape index (κ3) is 2.77. The van der Waals surface area contributed by atoms with Crippen molar-refractivity contribution in [2.24, 2.45) is 0 Å². The number of methoxy groups -OCH3 is 1. The van der Waals surface area contributed by atoms with E-state index in [0.29, 0.717) is 27.1 Å². The van der Waals surface area contributed by atoms with Crippen molar-refractivity contribution in [3.05, 3.63) is 39.9 Å². The van der Waals surface area contributed by atoms with E-state index in [9.17, 15) is 0 Å². The summed E-state index contributed by atoms with van der Waals surface area (Å²) >= 11 is 19.7. The summed E-state index contributed by atoms with van der Waals surface area (Å²) in [6, 6.07) is 5.79. The SMILES string of the molecule is COc1ccc(Cl)c(-c2c(Cl)n(C3CCCC3)c3ncnc(Cl)c23)c1. The topological polar surface area (TPSA) is 39.9 Å². The summed E-state index contributed by atoms with van der Waals surface area (Å²) < 4.78 is 7.43. The summed E-state index contributed by atoms with van der Waals surface area (Å²) in [6.45, 7) is 0. The first-order chi connectivity index (χ1) is 12.1. The van der Waals surface area contributed by atoms with Gasteiger partial charge in [0.25, 0.3) is 0 Å². The molecule has 4 rings (SSSR count). The molecule has 0 spiro atoms. The molecule has 2 heterocycles. The van der Waals surface area contributed by atoms with Gasteiger partial charge in [0.2, 0.25) is 0 Å². The minimum Gasteiger partial charge on any atom is -0.497 e. The van der Waals surface area contributed by atoms with Crippen LogP contribution in [-0.4, -0.2) is 21.6 Å². The van der Waals surface area contributed by atoms with E-state index >= 15 is 0 Å². The fourth-order valence-electron chi connectivity index (χ4n) is 3.63. The van der Waals surface area contributed by atoms with Crippen LogP contribution in [-0.2, 0) is 0 Å². The summed E-state index contributed by atoms with van der Waals surface area (Å²) in [5.74, 6) is 0.699. The van der Waals surface area contributed by atoms with Gasteiger partial charge < -0.3 is 9.30 Å². The van der Waals surface area contributed by atoms with Crippen LogP contribution in [0, 0.1) is 0 Å². The van der Waals surface area contributed by atoms with E-state index in [1.807, 2.05) is 12.1 Å². The molecule has 4 nitrogen and oxygen atoms in total. The van der Waals surface area contributed by atoms with Gasteiger partial charge in [0.05, 0.1) is 12.5 Å². The number of aromatic nitrogens is 3. The van der Waals surface area contributed by atoms with Gasteiger partial charge in [-0.15, -0.1) is 0 Å². The Hall–Kier alpha value is -1.49. The molecule has 1 saturated carbocycles. The van der Waals surface area contributed by atoms with E-state index < -0.39 is 0 Å². The van der Waals surface area contributed by atoms with Gasteiger partial charge in [0, 0.05) is 22.2 Å². The summed E-state index contributed by atoms with van der Waals surface area (Å²) in [7, 11) is 1.62. The summed E-state index contributed by atoms with van der Waals surface area (Å²) in [5.41, 5.74) is 2.29. The number of halogens is 3. The lowest BCUT2D eigenvalue weighted by molar-refractivity contribution is 0.415. The van der Waals surface area contributed by atoms with Crippen LogP contribution in [0.2, 0.25) is 15.3 Å². The molecule has 130 valence electrons. The van der Waals surface area contributed by atoms with E-state index in [-0.39, 0.29) is 0 Å². The van der Waals surface area contributed by atoms with Gasteiger partial charge in [0.15, 0.2) is 0 Å². The fraction of sp³-hybridized carbons (Fsp3) is 0.333. The second-order valence-electron chi connectivity index (χ2n) is 6.18. The van der Waals surface area contributed by atoms with Crippen molar-refractivity contribution >= 4 is 45.8 Å². The Labute approximate surface area is 160 Å². The average Bonchev–Trinajstić information content (AvgIpc) is 3.22. The van der Waals surface area contributed by atoms with Crippen LogP contribution in [0.5, 0.6) is 5.75 Å². The van der Waals surface area contributed by atoms with Crippen molar-refractivity contribution in [1.82, 2.24) is 14.5 Å². The van der Waals surface area contributed by atoms with Crippen molar-refractivity contribution in [1.29, 1.82) is 0 Å². The zero-order chi connectivity index (χ0) is 17.6. The van der Waals surface area contributed by atoms with Gasteiger partial charge in [-0.25, -0.2) is 9.97 Å². The highest BCUT2D eigenvalue weighted by atomic mass is 35.5. The highest BCUT2D eigenvalue weighted by Crippen LogP contribution is 2.46. The number of hydrogen-bond acceptors (Lipinski definition) is 3. The summed E-state index contributed by atoms with van der Waals surface area (Å²) in [5, 5.41) is 2.28. The first kappa shape index (κ1) is 17.0. The van der Waals surface area contributed by atoms with E-state index in [1.54, 1.807) is 13.2 Å². The van der Waals surface area contributed by atoms with Crippen molar-refractivity contribution < 1.29 is 4.74 Å². The number of nitrogens with zero attached hydrogens (tertiary/aromatic N) is 3. The van der Waals surface area contributed by atoms with Crippen LogP contribution in [0.1, 0.15) is 31.7 Å². The maximum atomic E-state index is 6.84. The minimum absolute atomic E-state index is 0.319. The van der Waals surface area contributed by atoms with Crippen molar-refractivity contribution in [2.45, 2.75) is 31.7 Å². The second-order valence-corrected chi connectivity index (χ2v) is 7.31. The highest BCUT2D eigenvalue weighted by Gasteiger charge is 2.28. The molecular weight excluding hydrogens is 381 g/mol. The Morgan fingerprint density at radius 2 is 1.88 bits per heavy atom. The summed E-state index contributed by atoms with van der Waals surface area (Å²) in [4.78, 5) is 8.63. The lowest BCUT2D eigenvalue weighted by Gasteiger charge is -2.14. The molecule has 2 aromatic heterocycles. The van der Waals surface area contributed by atoms with Crippen LogP contribution in [0.4, 0.5) is 0 Å². The Morgan fingerprint density at radius 3 is 2.60 bits per heavy atom. The van der Waals surface area contributed by atoms with Crippen LogP contribution >= 0.6 is 34.8 Å². The van der Waals surface area contributed by atoms with Crippen LogP contribution < -0.4 is 4.74 Å². The zero-order valence-corrected chi connectivity index (χ0v) is 15.9. The average molecular weight is 397 g/mol. The first-order valence-corrected chi connectivity index (χ1v) is 9.29. The molecule has 0 aliphatic heterocycles. The molecular formula is C18H16Cl3N3O. The van der Waals surface area contributed by atoms with Crippen molar-refractivity contribution in [3.63, 3.8) is 0 Å². The monoisotopic (exact) mass is 395 g/mol. The van der Waals surface area contributed by atoms with Crippen LogP contribution in [0.3, 0.4) is 0 Å². The Bertz CT molecular complexity index is 948. The smallest absolute Gasteiger partial charge is 0.146 e. The maximum Gasteiger partial charge on any atom is 0.146 e. The molecule has 1 aliphatic rings. The van der Waals surface area contributed by atoms with E-state index in [2.05, 4.69) is 14.5 Å². The lowest BCUT2D eigenvalue weighted by Crippen LogP contribution is -2.05. The number of hydrogen-bond donors (Lipinski definition) is 0. The zero-order valence-electron chi connectivity index (χ0n) is 13.6. The van der Waals surface area contributed by atoms with Gasteiger partial charge in [-0.3, -0.25) is 0 Å². The van der Waals surface area contributed by atoms with Gasteiger partial charge in [-0.05, 0) is 31.0 Å². The predicted molar refractivity (Wildman–Crippen MR) is 102 cm³/mol. The second kappa shape index (κ2) is 6.67. The van der Waals surface area contributed by atoms with Gasteiger partial charge in [-0.2, -0.15) is 0 Å². The first-order valence-electron chi connectivity index (χ1n) is 8.15. The van der Waals surface area contributed by atoms with Gasteiger partial charge >= 0.3 is 0 Å². The molecule has 1 aliphatic carbocycles. The molecule has 3 aromatic rings. The van der Waals surface area contributed by atoms with Crippen LogP contribution in [0.15, 0.2) is 24.5 Å². The lowest BCUT2D eigenvalue weighted by atomic mass is 10.1. The number of benzene rings is 1. The van der Waals surface area contributed by atoms with Gasteiger partial charge in [0.1, 0.15) is 28.0 Å². The fourth-order valence-corrected chi connectivity index (χ4v) is 4.48. The third-order valence-corrected chi connectivity index (χ3v) is 5.80. The van der Waals surface area contributed by atoms with E-state index in [0.717, 1.165) is 35.0 Å². The quantitative estimate of drug-likeness (QED) is 0.496. The van der Waals surface area contributed by atoms with Crippen LogP contribution in [0.25, 0.3) is 22.2 Å². The Kier molecular flexibility index (Phi) is 4.52. The molecule has 1 aromatic carbocycles. The van der Waals surface area contributed by atoms with Crippen molar-refractivity contribution in [3.8, 4) is 16.9 Å². The molecule has 0 unspecified atom stereocenters. The van der Waals surface area contributed by atoms with E-state index in [4.69, 9.17) is 39.5 Å². The molecule has 1 fully saturated rings. The highest BCUT2D eigenvalue weighted by molar-refractivity contribution is 6.41. The molecule has 0 amide bonds. The molecule has 25 heavy (non-hydrogen) atoms. The largest absolute Gasteiger partial charge is 0.497 e. The van der Waals surface area contributed by atoms with Crippen molar-refractivity contribution in [2.75, 3.05) is 7.11 Å². The summed E-state index contributed by atoms with van der Waals surface area (Å²) in [6.07, 6.45) is 6.01. The normalized spacial score (nSPS) is 15.2. The standard InChI is InChI=1S/C18H16Cl3N3O/c1-25-11-6-7-13(19)12(8-11)14-15-16(20)22-9-23-18(15)24(17(14)21)10-4-2-3-5-10/h6-10H,2-5H2,1H3. The molecule has 0 N–H and O–H groups in total. The maximum absolute atomic E-state index is 6.84. The number of ether oxygens (including phenoxy) is 1. The Balaban J connectivity index is 2.06. The molecule has 0 bridgehead atoms. The molecule has 0 radical (unpaired) electrons. The molecule has 0 atom stereocenters. The number of rotatable bonds is 3. The third-order valence-electron chi connectivity index (χ3n) is 4.81. The predicted octanol–water partition coefficient (Wildman–Crippen LogP) is 6.18. The minimum atomic E-state index is 0.319. The number of fused-ring (bicyclic) bond motifs is 1. The van der Waals surface area contributed by atoms with Gasteiger partial charge in [-0.1, -0.05) is 47.6 Å². The molecule has 7 heteroatoms. The molecule has 0 saturated heterocycles. The Morgan fingerprint density at radius 1 is 1.12 bits per heavy atom. The van der Waals surface area contributed by atoms with E-state index in [1.165, 1.54) is 19.2 Å².